The zero-order chi connectivity index (χ0) is 23.8. The Kier molecular flexibility index (Phi) is 7.63. The molecule has 2 aromatic carbocycles. The number of guanidine groups is 1. The molecule has 33 heavy (non-hydrogen) atoms. The zero-order valence-corrected chi connectivity index (χ0v) is 18.1. The number of fused-ring (bicyclic) bond motifs is 1. The molecule has 0 unspecified atom stereocenters. The van der Waals surface area contributed by atoms with Crippen molar-refractivity contribution in [2.75, 3.05) is 13.2 Å². The van der Waals surface area contributed by atoms with E-state index in [-0.39, 0.29) is 34.9 Å². The Hall–Kier alpha value is -3.91. The average molecular weight is 478 g/mol. The number of ether oxygens (including phenoxy) is 1. The number of oxime groups is 1. The molecule has 3 rings (SSSR count). The van der Waals surface area contributed by atoms with Crippen LogP contribution in [0, 0.1) is 0 Å². The van der Waals surface area contributed by atoms with Crippen LogP contribution in [-0.4, -0.2) is 55.0 Å². The van der Waals surface area contributed by atoms with Crippen molar-refractivity contribution in [3.05, 3.63) is 48.0 Å². The number of carboxylic acid groups (broad SMARTS) is 1. The van der Waals surface area contributed by atoms with Crippen LogP contribution in [0.2, 0.25) is 0 Å². The van der Waals surface area contributed by atoms with Crippen molar-refractivity contribution < 1.29 is 32.5 Å². The smallest absolute Gasteiger partial charge is 0.322 e. The summed E-state index contributed by atoms with van der Waals surface area (Å²) < 4.78 is 37.9. The first-order valence-electron chi connectivity index (χ1n) is 9.65. The quantitative estimate of drug-likeness (QED) is 0.119. The molecule has 0 amide bonds. The minimum atomic E-state index is -4.21. The molecule has 1 atom stereocenters. The first kappa shape index (κ1) is 23.7. The van der Waals surface area contributed by atoms with Crippen LogP contribution < -0.4 is 20.9 Å². The van der Waals surface area contributed by atoms with E-state index < -0.39 is 22.0 Å². The van der Waals surface area contributed by atoms with Gasteiger partial charge in [0.05, 0.1) is 6.61 Å². The van der Waals surface area contributed by atoms with Gasteiger partial charge >= 0.3 is 5.97 Å². The highest BCUT2D eigenvalue weighted by molar-refractivity contribution is 7.89. The molecular formula is C19H22N6O7S. The largest absolute Gasteiger partial charge is 0.493 e. The fourth-order valence-corrected chi connectivity index (χ4v) is 4.16. The van der Waals surface area contributed by atoms with Gasteiger partial charge in [0.2, 0.25) is 16.0 Å². The normalized spacial score (nSPS) is 12.2. The molecule has 0 spiro atoms. The molecule has 1 heterocycles. The van der Waals surface area contributed by atoms with Crippen LogP contribution in [0.1, 0.15) is 12.0 Å². The van der Waals surface area contributed by atoms with Gasteiger partial charge in [0.15, 0.2) is 5.52 Å². The first-order valence-corrected chi connectivity index (χ1v) is 11.1. The lowest BCUT2D eigenvalue weighted by Crippen LogP contribution is -2.42. The number of aromatic nitrogens is 2. The molecule has 0 saturated carbocycles. The van der Waals surface area contributed by atoms with E-state index in [9.17, 15) is 18.3 Å². The van der Waals surface area contributed by atoms with Crippen LogP contribution in [0.5, 0.6) is 5.75 Å². The van der Waals surface area contributed by atoms with E-state index in [1.807, 2.05) is 0 Å². The maximum Gasteiger partial charge on any atom is 0.322 e. The number of nitrogens with one attached hydrogen (secondary N) is 1. The van der Waals surface area contributed by atoms with Gasteiger partial charge in [-0.15, -0.1) is 0 Å². The van der Waals surface area contributed by atoms with E-state index in [2.05, 4.69) is 24.8 Å². The van der Waals surface area contributed by atoms with Crippen molar-refractivity contribution >= 4 is 33.0 Å². The topological polar surface area (TPSA) is 205 Å². The molecule has 3 aromatic rings. The summed E-state index contributed by atoms with van der Waals surface area (Å²) >= 11 is 0. The summed E-state index contributed by atoms with van der Waals surface area (Å²) in [4.78, 5) is 16.3. The van der Waals surface area contributed by atoms with Crippen LogP contribution in [-0.2, 0) is 26.1 Å². The Balaban J connectivity index is 1.60. The molecule has 0 fully saturated rings. The Morgan fingerprint density at radius 3 is 2.61 bits per heavy atom. The summed E-state index contributed by atoms with van der Waals surface area (Å²) in [5.41, 5.74) is 11.1. The highest BCUT2D eigenvalue weighted by Crippen LogP contribution is 2.20. The molecule has 0 aliphatic carbocycles. The molecule has 14 heteroatoms. The third-order valence-corrected chi connectivity index (χ3v) is 5.82. The van der Waals surface area contributed by atoms with E-state index in [0.29, 0.717) is 24.3 Å². The number of carboxylic acids is 1. The van der Waals surface area contributed by atoms with Crippen LogP contribution >= 0.6 is 0 Å². The Labute approximate surface area is 188 Å². The number of nitrogens with two attached hydrogens (primary N) is 2. The molecule has 0 radical (unpaired) electrons. The molecular weight excluding hydrogens is 456 g/mol. The third-order valence-electron chi connectivity index (χ3n) is 4.32. The first-order chi connectivity index (χ1) is 15.8. The lowest BCUT2D eigenvalue weighted by Gasteiger charge is -2.15. The standard InChI is InChI=1S/C19H22N6O7S/c20-19(21)24-31-10-2-9-30-13-7-5-12(6-8-13)11-15(18(26)27)25-33(28,29)16-4-1-3-14-17(16)23-32-22-14/h1,3-8,15,25H,2,9-11H2,(H,26,27)(H4,20,21,24)/t15-/m0/s1. The number of rotatable bonds is 12. The highest BCUT2D eigenvalue weighted by atomic mass is 32.2. The fourth-order valence-electron chi connectivity index (χ4n) is 2.82. The van der Waals surface area contributed by atoms with Crippen molar-refractivity contribution in [2.45, 2.75) is 23.8 Å². The second kappa shape index (κ2) is 10.6. The number of sulfonamides is 1. The van der Waals surface area contributed by atoms with Crippen LogP contribution in [0.3, 0.4) is 0 Å². The third kappa shape index (κ3) is 6.54. The van der Waals surface area contributed by atoms with E-state index in [1.165, 1.54) is 18.2 Å². The number of carbonyl (C=O) groups is 1. The van der Waals surface area contributed by atoms with Crippen molar-refractivity contribution in [3.63, 3.8) is 0 Å². The van der Waals surface area contributed by atoms with Gasteiger partial charge in [-0.05, 0) is 51.7 Å². The van der Waals surface area contributed by atoms with Crippen molar-refractivity contribution in [2.24, 2.45) is 16.6 Å². The van der Waals surface area contributed by atoms with Crippen molar-refractivity contribution in [1.82, 2.24) is 15.0 Å². The SMILES string of the molecule is NC(N)=NOCCCOc1ccc(C[C@H](NS(=O)(=O)c2cccc3nonc23)C(=O)O)cc1. The van der Waals surface area contributed by atoms with Crippen LogP contribution in [0.25, 0.3) is 11.0 Å². The van der Waals surface area contributed by atoms with E-state index in [4.69, 9.17) is 21.0 Å². The second-order valence-electron chi connectivity index (χ2n) is 6.80. The summed E-state index contributed by atoms with van der Waals surface area (Å²) in [5.74, 6) is -0.941. The fraction of sp³-hybridized carbons (Fsp3) is 0.263. The lowest BCUT2D eigenvalue weighted by molar-refractivity contribution is -0.138. The van der Waals surface area contributed by atoms with Gasteiger partial charge in [0.25, 0.3) is 0 Å². The number of hydrogen-bond acceptors (Lipinski definition) is 9. The summed E-state index contributed by atoms with van der Waals surface area (Å²) in [7, 11) is -4.21. The van der Waals surface area contributed by atoms with Crippen molar-refractivity contribution in [1.29, 1.82) is 0 Å². The molecule has 176 valence electrons. The molecule has 0 aliphatic heterocycles. The van der Waals surface area contributed by atoms with Crippen LogP contribution in [0.4, 0.5) is 0 Å². The van der Waals surface area contributed by atoms with Gasteiger partial charge in [-0.1, -0.05) is 18.2 Å². The number of aliphatic carboxylic acids is 1. The number of hydrogen-bond donors (Lipinski definition) is 4. The predicted octanol–water partition coefficient (Wildman–Crippen LogP) is 0.171. The Morgan fingerprint density at radius 1 is 1.15 bits per heavy atom. The van der Waals surface area contributed by atoms with Gasteiger partial charge in [0.1, 0.15) is 28.8 Å². The molecule has 13 nitrogen and oxygen atoms in total. The minimum Gasteiger partial charge on any atom is -0.493 e. The maximum atomic E-state index is 12.8. The highest BCUT2D eigenvalue weighted by Gasteiger charge is 2.28. The summed E-state index contributed by atoms with van der Waals surface area (Å²) in [6.07, 6.45) is 0.448. The van der Waals surface area contributed by atoms with E-state index in [0.717, 1.165) is 0 Å². The molecule has 1 aromatic heterocycles. The molecule has 0 aliphatic rings. The van der Waals surface area contributed by atoms with E-state index in [1.54, 1.807) is 24.3 Å². The number of benzene rings is 2. The second-order valence-corrected chi connectivity index (χ2v) is 8.48. The van der Waals surface area contributed by atoms with Crippen LogP contribution in [0.15, 0.2) is 57.1 Å². The predicted molar refractivity (Wildman–Crippen MR) is 116 cm³/mol. The maximum absolute atomic E-state index is 12.8. The monoisotopic (exact) mass is 478 g/mol. The zero-order valence-electron chi connectivity index (χ0n) is 17.2. The van der Waals surface area contributed by atoms with E-state index >= 15 is 0 Å². The number of nitrogens with zero attached hydrogens (tertiary/aromatic N) is 3. The molecule has 6 N–H and O–H groups in total. The lowest BCUT2D eigenvalue weighted by atomic mass is 10.1. The summed E-state index contributed by atoms with van der Waals surface area (Å²) in [6, 6.07) is 9.48. The van der Waals surface area contributed by atoms with Crippen molar-refractivity contribution in [3.8, 4) is 5.75 Å². The van der Waals surface area contributed by atoms with Gasteiger partial charge < -0.3 is 26.1 Å². The minimum absolute atomic E-state index is 0.0133. The summed E-state index contributed by atoms with van der Waals surface area (Å²) in [5, 5.41) is 20.1. The average Bonchev–Trinajstić information content (AvgIpc) is 3.25. The molecule has 0 saturated heterocycles. The Morgan fingerprint density at radius 2 is 1.91 bits per heavy atom. The van der Waals surface area contributed by atoms with Gasteiger partial charge in [-0.2, -0.15) is 4.72 Å². The van der Waals surface area contributed by atoms with Gasteiger partial charge in [0, 0.05) is 6.42 Å². The van der Waals surface area contributed by atoms with Gasteiger partial charge in [-0.25, -0.2) is 13.0 Å². The summed E-state index contributed by atoms with van der Waals surface area (Å²) in [6.45, 7) is 0.619. The van der Waals surface area contributed by atoms with Gasteiger partial charge in [-0.3, -0.25) is 4.79 Å². The Bertz CT molecular complexity index is 1220. The molecule has 0 bridgehead atoms.